The molecule has 0 aromatic carbocycles. The minimum Gasteiger partial charge on any atom is -0.381 e. The second-order valence-corrected chi connectivity index (χ2v) is 5.86. The summed E-state index contributed by atoms with van der Waals surface area (Å²) in [5, 5.41) is 3.33. The first kappa shape index (κ1) is 10.7. The number of ether oxygens (including phenoxy) is 1. The highest BCUT2D eigenvalue weighted by molar-refractivity contribution is 7.09. The number of hydrogen-bond donors (Lipinski definition) is 1. The van der Waals surface area contributed by atoms with Crippen molar-refractivity contribution in [3.8, 4) is 0 Å². The minimum atomic E-state index is -0.123. The predicted octanol–water partition coefficient (Wildman–Crippen LogP) is 2.38. The summed E-state index contributed by atoms with van der Waals surface area (Å²) in [4.78, 5) is 4.76. The first-order valence-corrected chi connectivity index (χ1v) is 6.98. The third kappa shape index (κ3) is 1.79. The Bertz CT molecular complexity index is 365. The Balaban J connectivity index is 1.81. The van der Waals surface area contributed by atoms with E-state index in [-0.39, 0.29) is 5.54 Å². The Morgan fingerprint density at radius 1 is 1.44 bits per heavy atom. The van der Waals surface area contributed by atoms with Gasteiger partial charge in [0.25, 0.3) is 0 Å². The van der Waals surface area contributed by atoms with Gasteiger partial charge in [-0.3, -0.25) is 0 Å². The van der Waals surface area contributed by atoms with Gasteiger partial charge in [0.1, 0.15) is 5.01 Å². The van der Waals surface area contributed by atoms with Crippen molar-refractivity contribution in [2.24, 2.45) is 5.73 Å². The molecule has 4 heteroatoms. The molecule has 0 bridgehead atoms. The molecule has 0 radical (unpaired) electrons. The second kappa shape index (κ2) is 4.09. The number of rotatable bonds is 2. The first-order chi connectivity index (χ1) is 7.78. The molecule has 0 spiro atoms. The quantitative estimate of drug-likeness (QED) is 0.860. The van der Waals surface area contributed by atoms with E-state index < -0.39 is 0 Å². The average Bonchev–Trinajstić information content (AvgIpc) is 2.98. The van der Waals surface area contributed by atoms with Crippen LogP contribution in [-0.2, 0) is 10.3 Å². The smallest absolute Gasteiger partial charge is 0.113 e. The molecule has 1 saturated heterocycles. The molecule has 1 aliphatic heterocycles. The lowest BCUT2D eigenvalue weighted by Crippen LogP contribution is -2.32. The Kier molecular flexibility index (Phi) is 2.73. The maximum atomic E-state index is 6.41. The van der Waals surface area contributed by atoms with Gasteiger partial charge in [-0.1, -0.05) is 12.8 Å². The molecule has 2 aliphatic rings. The standard InChI is InChI=1S/C12H18N2OS/c13-12(4-1-2-5-12)11-14-10(8-16-11)9-3-6-15-7-9/h8-9H,1-7,13H2. The van der Waals surface area contributed by atoms with E-state index in [2.05, 4.69) is 5.38 Å². The van der Waals surface area contributed by atoms with Gasteiger partial charge in [0.05, 0.1) is 17.8 Å². The van der Waals surface area contributed by atoms with E-state index in [0.717, 1.165) is 37.5 Å². The zero-order valence-electron chi connectivity index (χ0n) is 9.45. The molecule has 2 N–H and O–H groups in total. The summed E-state index contributed by atoms with van der Waals surface area (Å²) in [5.74, 6) is 0.509. The van der Waals surface area contributed by atoms with Gasteiger partial charge < -0.3 is 10.5 Å². The summed E-state index contributed by atoms with van der Waals surface area (Å²) in [6, 6.07) is 0. The molecule has 1 aliphatic carbocycles. The normalized spacial score (nSPS) is 28.7. The molecule has 1 atom stereocenters. The van der Waals surface area contributed by atoms with Gasteiger partial charge in [0.2, 0.25) is 0 Å². The van der Waals surface area contributed by atoms with Crippen LogP contribution >= 0.6 is 11.3 Å². The highest BCUT2D eigenvalue weighted by Gasteiger charge is 2.34. The lowest BCUT2D eigenvalue weighted by molar-refractivity contribution is 0.193. The summed E-state index contributed by atoms with van der Waals surface area (Å²) in [7, 11) is 0. The monoisotopic (exact) mass is 238 g/mol. The van der Waals surface area contributed by atoms with Crippen LogP contribution in [0.1, 0.15) is 48.7 Å². The molecule has 3 nitrogen and oxygen atoms in total. The van der Waals surface area contributed by atoms with Crippen LogP contribution in [0.25, 0.3) is 0 Å². The van der Waals surface area contributed by atoms with Crippen LogP contribution in [0.4, 0.5) is 0 Å². The Morgan fingerprint density at radius 2 is 2.25 bits per heavy atom. The molecule has 1 unspecified atom stereocenters. The maximum absolute atomic E-state index is 6.41. The van der Waals surface area contributed by atoms with Crippen molar-refractivity contribution in [3.05, 3.63) is 16.1 Å². The average molecular weight is 238 g/mol. The fourth-order valence-corrected chi connectivity index (χ4v) is 3.76. The van der Waals surface area contributed by atoms with Crippen molar-refractivity contribution in [1.82, 2.24) is 4.98 Å². The van der Waals surface area contributed by atoms with E-state index in [1.807, 2.05) is 0 Å². The number of hydrogen-bond acceptors (Lipinski definition) is 4. The molecule has 1 saturated carbocycles. The van der Waals surface area contributed by atoms with Crippen LogP contribution in [0, 0.1) is 0 Å². The summed E-state index contributed by atoms with van der Waals surface area (Å²) >= 11 is 1.74. The van der Waals surface area contributed by atoms with Crippen molar-refractivity contribution < 1.29 is 4.74 Å². The Morgan fingerprint density at radius 3 is 2.94 bits per heavy atom. The van der Waals surface area contributed by atoms with E-state index in [1.165, 1.54) is 18.5 Å². The van der Waals surface area contributed by atoms with Gasteiger partial charge in [-0.15, -0.1) is 11.3 Å². The zero-order valence-corrected chi connectivity index (χ0v) is 10.3. The Hall–Kier alpha value is -0.450. The Labute approximate surface area is 100 Å². The van der Waals surface area contributed by atoms with E-state index in [9.17, 15) is 0 Å². The fourth-order valence-electron chi connectivity index (χ4n) is 2.69. The minimum absolute atomic E-state index is 0.123. The van der Waals surface area contributed by atoms with Crippen molar-refractivity contribution >= 4 is 11.3 Å². The predicted molar refractivity (Wildman–Crippen MR) is 64.6 cm³/mol. The molecular weight excluding hydrogens is 220 g/mol. The van der Waals surface area contributed by atoms with Gasteiger partial charge in [0, 0.05) is 17.9 Å². The van der Waals surface area contributed by atoms with Crippen LogP contribution < -0.4 is 5.73 Å². The first-order valence-electron chi connectivity index (χ1n) is 6.10. The molecule has 3 rings (SSSR count). The molecule has 1 aromatic heterocycles. The molecule has 1 aromatic rings. The second-order valence-electron chi connectivity index (χ2n) is 5.00. The van der Waals surface area contributed by atoms with Crippen molar-refractivity contribution in [3.63, 3.8) is 0 Å². The van der Waals surface area contributed by atoms with Gasteiger partial charge in [-0.05, 0) is 19.3 Å². The fraction of sp³-hybridized carbons (Fsp3) is 0.750. The molecular formula is C12H18N2OS. The highest BCUT2D eigenvalue weighted by atomic mass is 32.1. The number of thiazole rings is 1. The molecule has 2 heterocycles. The van der Waals surface area contributed by atoms with Gasteiger partial charge in [-0.25, -0.2) is 4.98 Å². The number of nitrogens with two attached hydrogens (primary N) is 1. The molecule has 2 fully saturated rings. The van der Waals surface area contributed by atoms with Crippen LogP contribution in [0.5, 0.6) is 0 Å². The van der Waals surface area contributed by atoms with Gasteiger partial charge >= 0.3 is 0 Å². The number of aromatic nitrogens is 1. The van der Waals surface area contributed by atoms with E-state index in [0.29, 0.717) is 5.92 Å². The lowest BCUT2D eigenvalue weighted by Gasteiger charge is -2.20. The molecule has 88 valence electrons. The van der Waals surface area contributed by atoms with Crippen molar-refractivity contribution in [1.29, 1.82) is 0 Å². The van der Waals surface area contributed by atoms with Crippen LogP contribution in [0.15, 0.2) is 5.38 Å². The topological polar surface area (TPSA) is 48.1 Å². The summed E-state index contributed by atoms with van der Waals surface area (Å²) < 4.78 is 5.40. The SMILES string of the molecule is NC1(c2nc(C3CCOC3)cs2)CCCC1. The highest BCUT2D eigenvalue weighted by Crippen LogP contribution is 2.39. The third-order valence-corrected chi connectivity index (χ3v) is 4.87. The summed E-state index contributed by atoms with van der Waals surface area (Å²) in [5.41, 5.74) is 7.49. The van der Waals surface area contributed by atoms with Crippen LogP contribution in [0.2, 0.25) is 0 Å². The number of nitrogens with zero attached hydrogens (tertiary/aromatic N) is 1. The van der Waals surface area contributed by atoms with Crippen molar-refractivity contribution in [2.45, 2.75) is 43.6 Å². The van der Waals surface area contributed by atoms with Gasteiger partial charge in [0.15, 0.2) is 0 Å². The van der Waals surface area contributed by atoms with Gasteiger partial charge in [-0.2, -0.15) is 0 Å². The largest absolute Gasteiger partial charge is 0.381 e. The van der Waals surface area contributed by atoms with Crippen LogP contribution in [-0.4, -0.2) is 18.2 Å². The molecule has 16 heavy (non-hydrogen) atoms. The lowest BCUT2D eigenvalue weighted by atomic mass is 10.00. The van der Waals surface area contributed by atoms with Crippen LogP contribution in [0.3, 0.4) is 0 Å². The van der Waals surface area contributed by atoms with E-state index >= 15 is 0 Å². The van der Waals surface area contributed by atoms with Crippen molar-refractivity contribution in [2.75, 3.05) is 13.2 Å². The summed E-state index contributed by atoms with van der Waals surface area (Å²) in [6.07, 6.45) is 5.80. The zero-order chi connectivity index (χ0) is 11.0. The third-order valence-electron chi connectivity index (χ3n) is 3.79. The molecule has 0 amide bonds. The van der Waals surface area contributed by atoms with E-state index in [4.69, 9.17) is 15.5 Å². The van der Waals surface area contributed by atoms with E-state index in [1.54, 1.807) is 11.3 Å². The maximum Gasteiger partial charge on any atom is 0.113 e. The summed E-state index contributed by atoms with van der Waals surface area (Å²) in [6.45, 7) is 1.71.